The van der Waals surface area contributed by atoms with Gasteiger partial charge in [0.05, 0.1) is 38.3 Å². The molecule has 0 saturated carbocycles. The van der Waals surface area contributed by atoms with Gasteiger partial charge in [-0.1, -0.05) is 27.7 Å². The van der Waals surface area contributed by atoms with Crippen molar-refractivity contribution in [3.8, 4) is 0 Å². The molecule has 276 valence electrons. The quantitative estimate of drug-likeness (QED) is 0.0340. The first-order valence-electron chi connectivity index (χ1n) is 14.7. The van der Waals surface area contributed by atoms with Crippen LogP contribution >= 0.6 is 0 Å². The molecule has 22 heteroatoms. The third kappa shape index (κ3) is 22.7. The van der Waals surface area contributed by atoms with Crippen LogP contribution in [0.3, 0.4) is 0 Å². The van der Waals surface area contributed by atoms with E-state index in [0.717, 1.165) is 0 Å². The summed E-state index contributed by atoms with van der Waals surface area (Å²) in [5, 5.41) is 24.2. The van der Waals surface area contributed by atoms with E-state index in [4.69, 9.17) is 32.8 Å². The molecule has 0 aliphatic heterocycles. The van der Waals surface area contributed by atoms with Crippen molar-refractivity contribution in [3.05, 3.63) is 0 Å². The van der Waals surface area contributed by atoms with Crippen LogP contribution in [0, 0.1) is 11.8 Å². The standard InChI is InChI=1S/C24H47N11O6.C2HF3O2/c1-13(2)19(26)22(40)33-11-17(37)29-7-9-31-24(28)32-10-8-30-21(39)15(5-6-16(25)36)35-18(38)12-34-23(41)20(27)14(3)4;3-2(4,5)1(6)7/h13-15,19-20H,5-12,26-27H2,1-4H3,(H2,25,36)(H,29,37)(H,30,39)(H,33,40)(H,34,41)(H,35,38)(H3,28,31,32);(H,6,7)/t15-,19-,20-;/m0./s1. The van der Waals surface area contributed by atoms with Gasteiger partial charge in [-0.15, -0.1) is 0 Å². The fraction of sp³-hybridized carbons (Fsp3) is 0.692. The van der Waals surface area contributed by atoms with Crippen molar-refractivity contribution in [3.63, 3.8) is 0 Å². The summed E-state index contributed by atoms with van der Waals surface area (Å²) < 4.78 is 31.5. The number of nitrogens with two attached hydrogens (primary N) is 4. The Labute approximate surface area is 275 Å². The molecular formula is C26H48F3N11O8. The molecule has 19 nitrogen and oxygen atoms in total. The Balaban J connectivity index is 0. The fourth-order valence-electron chi connectivity index (χ4n) is 3.01. The number of aliphatic carboxylic acids is 1. The number of carbonyl (C=O) groups is 7. The van der Waals surface area contributed by atoms with Crippen molar-refractivity contribution < 1.29 is 56.8 Å². The molecule has 0 spiro atoms. The number of nitrogens with one attached hydrogen (secondary N) is 7. The van der Waals surface area contributed by atoms with E-state index in [2.05, 4.69) is 36.9 Å². The maximum Gasteiger partial charge on any atom is 0.430 e. The Morgan fingerprint density at radius 2 is 1.17 bits per heavy atom. The number of primary amides is 1. The molecule has 0 heterocycles. The van der Waals surface area contributed by atoms with Gasteiger partial charge in [-0.2, -0.15) is 13.2 Å². The van der Waals surface area contributed by atoms with Crippen LogP contribution in [0.2, 0.25) is 0 Å². The van der Waals surface area contributed by atoms with E-state index in [-0.39, 0.29) is 75.8 Å². The summed E-state index contributed by atoms with van der Waals surface area (Å²) in [6.07, 6.45) is -5.37. The third-order valence-corrected chi connectivity index (χ3v) is 5.95. The van der Waals surface area contributed by atoms with Gasteiger partial charge in [0.1, 0.15) is 12.0 Å². The second-order valence-electron chi connectivity index (χ2n) is 10.8. The number of hydrogen-bond acceptors (Lipinski definition) is 10. The fourth-order valence-corrected chi connectivity index (χ4v) is 3.01. The highest BCUT2D eigenvalue weighted by Gasteiger charge is 2.29. The number of rotatable bonds is 19. The van der Waals surface area contributed by atoms with E-state index in [9.17, 15) is 41.9 Å². The Kier molecular flexibility index (Phi) is 22.3. The van der Waals surface area contributed by atoms with E-state index in [1.165, 1.54) is 0 Å². The summed E-state index contributed by atoms with van der Waals surface area (Å²) in [5.41, 5.74) is 22.4. The van der Waals surface area contributed by atoms with E-state index in [1.54, 1.807) is 27.7 Å². The monoisotopic (exact) mass is 699 g/mol. The second kappa shape index (κ2) is 23.6. The van der Waals surface area contributed by atoms with E-state index >= 15 is 0 Å². The molecule has 0 bridgehead atoms. The summed E-state index contributed by atoms with van der Waals surface area (Å²) in [4.78, 5) is 83.2. The van der Waals surface area contributed by atoms with Crippen LogP contribution in [-0.2, 0) is 33.6 Å². The molecule has 0 aromatic heterocycles. The molecule has 6 amide bonds. The molecule has 3 atom stereocenters. The molecule has 0 aromatic rings. The Hall–Kier alpha value is -4.73. The Morgan fingerprint density at radius 3 is 1.60 bits per heavy atom. The lowest BCUT2D eigenvalue weighted by molar-refractivity contribution is -0.458. The van der Waals surface area contributed by atoms with E-state index in [1.807, 2.05) is 0 Å². The van der Waals surface area contributed by atoms with Gasteiger partial charge in [0.25, 0.3) is 0 Å². The minimum atomic E-state index is -5.19. The average molecular weight is 700 g/mol. The topological polar surface area (TPSA) is 333 Å². The number of guanidine groups is 1. The van der Waals surface area contributed by atoms with Crippen LogP contribution in [0.15, 0.2) is 0 Å². The summed E-state index contributed by atoms with van der Waals surface area (Å²) in [7, 11) is 0. The van der Waals surface area contributed by atoms with Gasteiger partial charge in [-0.25, -0.2) is 0 Å². The van der Waals surface area contributed by atoms with Gasteiger partial charge in [0, 0.05) is 19.5 Å². The first-order chi connectivity index (χ1) is 22.1. The lowest BCUT2D eigenvalue weighted by Gasteiger charge is -2.19. The van der Waals surface area contributed by atoms with Crippen LogP contribution in [0.1, 0.15) is 40.5 Å². The van der Waals surface area contributed by atoms with Crippen molar-refractivity contribution in [2.75, 3.05) is 39.3 Å². The molecule has 0 rings (SSSR count). The first-order valence-corrected chi connectivity index (χ1v) is 14.7. The molecule has 0 aromatic carbocycles. The third-order valence-electron chi connectivity index (χ3n) is 5.95. The molecule has 0 saturated heterocycles. The normalized spacial score (nSPS) is 13.2. The number of alkyl halides is 3. The lowest BCUT2D eigenvalue weighted by Crippen LogP contribution is -2.80. The number of amides is 6. The number of carboxylic acid groups (broad SMARTS) is 1. The molecular weight excluding hydrogens is 651 g/mol. The van der Waals surface area contributed by atoms with Gasteiger partial charge >= 0.3 is 12.1 Å². The molecule has 0 fully saturated rings. The first kappa shape index (κ1) is 45.4. The second-order valence-corrected chi connectivity index (χ2v) is 10.8. The number of carbonyl (C=O) groups excluding carboxylic acids is 7. The largest absolute Gasteiger partial charge is 0.542 e. The van der Waals surface area contributed by atoms with Crippen LogP contribution in [-0.4, -0.2) is 111 Å². The summed E-state index contributed by atoms with van der Waals surface area (Å²) in [6.45, 7) is 7.42. The highest BCUT2D eigenvalue weighted by atomic mass is 19.4. The minimum Gasteiger partial charge on any atom is -0.542 e. The molecule has 0 aliphatic rings. The summed E-state index contributed by atoms with van der Waals surface area (Å²) in [5.74, 6) is -6.10. The highest BCUT2D eigenvalue weighted by Crippen LogP contribution is 2.11. The maximum absolute atomic E-state index is 12.6. The SMILES string of the molecule is CC(C)[C@H](N)C(=O)NCC(=O)NCC[NH+]=C(N)NCCNC(=O)[C@H](CCC(N)=O)NC(=O)CNC(=O)[C@@H](N)C(C)C.O=C([O-])C(F)(F)F. The highest BCUT2D eigenvalue weighted by molar-refractivity contribution is 5.91. The smallest absolute Gasteiger partial charge is 0.430 e. The van der Waals surface area contributed by atoms with Crippen LogP contribution in [0.25, 0.3) is 0 Å². The van der Waals surface area contributed by atoms with Gasteiger partial charge in [0.15, 0.2) is 0 Å². The maximum atomic E-state index is 12.6. The molecule has 0 aliphatic carbocycles. The van der Waals surface area contributed by atoms with Gasteiger partial charge in [0.2, 0.25) is 35.4 Å². The van der Waals surface area contributed by atoms with Gasteiger partial charge in [-0.3, -0.25) is 44.8 Å². The van der Waals surface area contributed by atoms with Crippen LogP contribution in [0.4, 0.5) is 13.2 Å². The van der Waals surface area contributed by atoms with Crippen LogP contribution in [0.5, 0.6) is 0 Å². The van der Waals surface area contributed by atoms with Crippen molar-refractivity contribution in [2.45, 2.75) is 64.8 Å². The van der Waals surface area contributed by atoms with Crippen molar-refractivity contribution >= 4 is 47.4 Å². The van der Waals surface area contributed by atoms with Crippen LogP contribution < -0.4 is 64.9 Å². The number of hydrogen-bond donors (Lipinski definition) is 11. The van der Waals surface area contributed by atoms with E-state index in [0.29, 0.717) is 0 Å². The molecule has 48 heavy (non-hydrogen) atoms. The minimum absolute atomic E-state index is 0.0322. The number of halogens is 3. The molecule has 15 N–H and O–H groups in total. The van der Waals surface area contributed by atoms with Crippen molar-refractivity contribution in [2.24, 2.45) is 34.8 Å². The summed E-state index contributed by atoms with van der Waals surface area (Å²) in [6, 6.07) is -2.53. The zero-order valence-electron chi connectivity index (χ0n) is 27.3. The van der Waals surface area contributed by atoms with Gasteiger partial charge < -0.3 is 53.7 Å². The number of carboxylic acids is 1. The zero-order valence-corrected chi connectivity index (χ0v) is 27.3. The average Bonchev–Trinajstić information content (AvgIpc) is 2.99. The van der Waals surface area contributed by atoms with E-state index < -0.39 is 59.8 Å². The zero-order chi connectivity index (χ0) is 37.6. The summed E-state index contributed by atoms with van der Waals surface area (Å²) >= 11 is 0. The Morgan fingerprint density at radius 1 is 0.708 bits per heavy atom. The molecule has 0 radical (unpaired) electrons. The predicted octanol–water partition coefficient (Wildman–Crippen LogP) is -7.55. The molecule has 0 unspecified atom stereocenters. The lowest BCUT2D eigenvalue weighted by atomic mass is 10.1. The van der Waals surface area contributed by atoms with Crippen molar-refractivity contribution in [1.82, 2.24) is 31.9 Å². The predicted molar refractivity (Wildman–Crippen MR) is 162 cm³/mol. The van der Waals surface area contributed by atoms with Gasteiger partial charge in [-0.05, 0) is 18.3 Å². The van der Waals surface area contributed by atoms with Crippen molar-refractivity contribution in [1.29, 1.82) is 0 Å². The Bertz CT molecular complexity index is 1120.